The van der Waals surface area contributed by atoms with E-state index in [9.17, 15) is 14.4 Å². The summed E-state index contributed by atoms with van der Waals surface area (Å²) < 4.78 is 4.71. The molecule has 0 radical (unpaired) electrons. The van der Waals surface area contributed by atoms with Crippen molar-refractivity contribution in [2.24, 2.45) is 5.92 Å². The van der Waals surface area contributed by atoms with Crippen molar-refractivity contribution in [3.63, 3.8) is 0 Å². The predicted octanol–water partition coefficient (Wildman–Crippen LogP) is 3.72. The van der Waals surface area contributed by atoms with Crippen LogP contribution in [-0.2, 0) is 11.3 Å². The Morgan fingerprint density at radius 3 is 2.63 bits per heavy atom. The van der Waals surface area contributed by atoms with Gasteiger partial charge in [0.1, 0.15) is 11.4 Å². The second-order valence-electron chi connectivity index (χ2n) is 8.94. The minimum absolute atomic E-state index is 0.0200. The van der Waals surface area contributed by atoms with Crippen LogP contribution in [0.25, 0.3) is 0 Å². The highest BCUT2D eigenvalue weighted by Gasteiger charge is 2.40. The highest BCUT2D eigenvalue weighted by atomic mass is 32.1. The van der Waals surface area contributed by atoms with E-state index in [4.69, 9.17) is 4.63 Å². The molecule has 2 aliphatic rings. The molecule has 2 aromatic heterocycles. The lowest BCUT2D eigenvalue weighted by atomic mass is 9.94. The highest BCUT2D eigenvalue weighted by molar-refractivity contribution is 7.10. The molecule has 1 saturated heterocycles. The molecule has 35 heavy (non-hydrogen) atoms. The third-order valence-electron chi connectivity index (χ3n) is 6.85. The topological polar surface area (TPSA) is 109 Å². The number of thiophene rings is 1. The van der Waals surface area contributed by atoms with Crippen LogP contribution in [0.15, 0.2) is 40.3 Å². The maximum Gasteiger partial charge on any atom is 0.264 e. The van der Waals surface area contributed by atoms with E-state index >= 15 is 0 Å². The first kappa shape index (κ1) is 23.2. The Kier molecular flexibility index (Phi) is 6.38. The van der Waals surface area contributed by atoms with Crippen LogP contribution in [0.2, 0.25) is 0 Å². The van der Waals surface area contributed by atoms with Gasteiger partial charge >= 0.3 is 0 Å². The van der Waals surface area contributed by atoms with Gasteiger partial charge in [-0.05, 0) is 49.8 Å². The summed E-state index contributed by atoms with van der Waals surface area (Å²) in [5.74, 6) is -0.682. The molecule has 182 valence electrons. The van der Waals surface area contributed by atoms with Crippen molar-refractivity contribution >= 4 is 34.7 Å². The number of aryl methyl sites for hydroxylation is 1. The number of benzene rings is 1. The second kappa shape index (κ2) is 9.61. The zero-order valence-electron chi connectivity index (χ0n) is 19.7. The fourth-order valence-corrected chi connectivity index (χ4v) is 5.66. The Morgan fingerprint density at radius 2 is 1.97 bits per heavy atom. The first-order valence-corrected chi connectivity index (χ1v) is 12.7. The summed E-state index contributed by atoms with van der Waals surface area (Å²) >= 11 is 1.66. The summed E-state index contributed by atoms with van der Waals surface area (Å²) in [6.07, 6.45) is 2.22. The molecule has 1 N–H and O–H groups in total. The molecule has 2 aliphatic heterocycles. The number of nitrogens with one attached hydrogen (secondary N) is 1. The van der Waals surface area contributed by atoms with E-state index in [1.165, 1.54) is 9.78 Å². The van der Waals surface area contributed by atoms with E-state index in [1.807, 2.05) is 17.5 Å². The number of anilines is 1. The largest absolute Gasteiger partial charge is 0.371 e. The van der Waals surface area contributed by atoms with Crippen molar-refractivity contribution in [2.45, 2.75) is 45.7 Å². The third-order valence-corrected chi connectivity index (χ3v) is 7.84. The number of nitrogens with zero attached hydrogens (tertiary/aromatic N) is 4. The Balaban J connectivity index is 1.27. The molecular weight excluding hydrogens is 466 g/mol. The molecule has 0 bridgehead atoms. The van der Waals surface area contributed by atoms with Crippen LogP contribution in [0.5, 0.6) is 0 Å². The molecule has 3 amide bonds. The monoisotopic (exact) mass is 493 g/mol. The first-order chi connectivity index (χ1) is 17.0. The van der Waals surface area contributed by atoms with E-state index < -0.39 is 0 Å². The number of fused-ring (bicyclic) bond motifs is 1. The molecule has 3 aromatic rings. The van der Waals surface area contributed by atoms with Gasteiger partial charge in [0.2, 0.25) is 5.91 Å². The van der Waals surface area contributed by atoms with E-state index in [2.05, 4.69) is 33.5 Å². The van der Waals surface area contributed by atoms with Crippen LogP contribution in [-0.4, -0.2) is 46.0 Å². The molecule has 1 atom stereocenters. The lowest BCUT2D eigenvalue weighted by Gasteiger charge is -2.34. The average Bonchev–Trinajstić information content (AvgIpc) is 3.61. The van der Waals surface area contributed by atoms with Crippen LogP contribution in [0.4, 0.5) is 5.69 Å². The van der Waals surface area contributed by atoms with Gasteiger partial charge in [-0.3, -0.25) is 19.3 Å². The number of hydrogen-bond donors (Lipinski definition) is 1. The van der Waals surface area contributed by atoms with Crippen molar-refractivity contribution in [2.75, 3.05) is 18.0 Å². The van der Waals surface area contributed by atoms with Gasteiger partial charge in [-0.2, -0.15) is 0 Å². The van der Waals surface area contributed by atoms with Gasteiger partial charge in [0.05, 0.1) is 29.4 Å². The van der Waals surface area contributed by atoms with Gasteiger partial charge in [0.15, 0.2) is 0 Å². The van der Waals surface area contributed by atoms with E-state index in [-0.39, 0.29) is 36.2 Å². The highest BCUT2D eigenvalue weighted by Crippen LogP contribution is 2.35. The van der Waals surface area contributed by atoms with Gasteiger partial charge in [0, 0.05) is 23.9 Å². The Labute approximate surface area is 207 Å². The molecule has 0 aliphatic carbocycles. The normalized spacial score (nSPS) is 17.1. The minimum atomic E-state index is -0.345. The molecule has 1 unspecified atom stereocenters. The summed E-state index contributed by atoms with van der Waals surface area (Å²) in [6.45, 7) is 5.09. The average molecular weight is 494 g/mol. The molecule has 1 aromatic carbocycles. The zero-order valence-corrected chi connectivity index (χ0v) is 20.5. The number of imide groups is 1. The molecule has 1 fully saturated rings. The molecule has 9 nitrogen and oxygen atoms in total. The third kappa shape index (κ3) is 4.34. The smallest absolute Gasteiger partial charge is 0.264 e. The first-order valence-electron chi connectivity index (χ1n) is 11.8. The molecule has 4 heterocycles. The van der Waals surface area contributed by atoms with Gasteiger partial charge in [-0.25, -0.2) is 4.63 Å². The number of carbonyl (C=O) groups excluding carboxylic acids is 3. The van der Waals surface area contributed by atoms with Crippen LogP contribution in [0.1, 0.15) is 69.2 Å². The van der Waals surface area contributed by atoms with E-state index in [0.29, 0.717) is 48.4 Å². The molecular formula is C25H27N5O4S. The summed E-state index contributed by atoms with van der Waals surface area (Å²) in [6, 6.07) is 9.46. The van der Waals surface area contributed by atoms with Crippen molar-refractivity contribution in [1.29, 1.82) is 0 Å². The minimum Gasteiger partial charge on any atom is -0.371 e. The maximum atomic E-state index is 13.3. The molecule has 0 spiro atoms. The lowest BCUT2D eigenvalue weighted by Crippen LogP contribution is -2.42. The predicted molar refractivity (Wildman–Crippen MR) is 130 cm³/mol. The van der Waals surface area contributed by atoms with Gasteiger partial charge in [0.25, 0.3) is 11.8 Å². The molecule has 10 heteroatoms. The Hall–Kier alpha value is -3.53. The zero-order chi connectivity index (χ0) is 24.5. The summed E-state index contributed by atoms with van der Waals surface area (Å²) in [4.78, 5) is 43.7. The standard InChI is InChI=1S/C25H27N5O4S/c1-3-18(21-8-5-13-35-21)26-23(31)16-9-11-29(12-10-16)20-7-4-6-17-22(20)25(33)30(24(17)32)14-19-15(2)27-34-28-19/h4-8,13,16,18H,3,9-12,14H2,1-2H3,(H,26,31). The maximum absolute atomic E-state index is 13.3. The van der Waals surface area contributed by atoms with Gasteiger partial charge < -0.3 is 10.2 Å². The fraction of sp³-hybridized carbons (Fsp3) is 0.400. The van der Waals surface area contributed by atoms with Gasteiger partial charge in [-0.15, -0.1) is 11.3 Å². The number of piperidine rings is 1. The number of rotatable bonds is 7. The summed E-state index contributed by atoms with van der Waals surface area (Å²) in [5, 5.41) is 12.8. The van der Waals surface area contributed by atoms with Crippen molar-refractivity contribution in [3.05, 3.63) is 63.1 Å². The number of amides is 3. The number of hydrogen-bond acceptors (Lipinski definition) is 8. The van der Waals surface area contributed by atoms with Crippen LogP contribution >= 0.6 is 11.3 Å². The van der Waals surface area contributed by atoms with E-state index in [0.717, 1.165) is 12.1 Å². The fourth-order valence-electron chi connectivity index (χ4n) is 4.80. The summed E-state index contributed by atoms with van der Waals surface area (Å²) in [5.41, 5.74) is 2.55. The van der Waals surface area contributed by atoms with Crippen molar-refractivity contribution in [1.82, 2.24) is 20.5 Å². The number of carbonyl (C=O) groups is 3. The van der Waals surface area contributed by atoms with Crippen LogP contribution in [0, 0.1) is 12.8 Å². The number of aromatic nitrogens is 2. The van der Waals surface area contributed by atoms with Crippen LogP contribution < -0.4 is 10.2 Å². The van der Waals surface area contributed by atoms with E-state index in [1.54, 1.807) is 30.4 Å². The Morgan fingerprint density at radius 1 is 1.17 bits per heavy atom. The van der Waals surface area contributed by atoms with Gasteiger partial charge in [-0.1, -0.05) is 29.4 Å². The van der Waals surface area contributed by atoms with Crippen LogP contribution in [0.3, 0.4) is 0 Å². The Bertz CT molecular complexity index is 1250. The summed E-state index contributed by atoms with van der Waals surface area (Å²) in [7, 11) is 0. The quantitative estimate of drug-likeness (QED) is 0.500. The second-order valence-corrected chi connectivity index (χ2v) is 9.92. The lowest BCUT2D eigenvalue weighted by molar-refractivity contribution is -0.126. The van der Waals surface area contributed by atoms with Crippen molar-refractivity contribution in [3.8, 4) is 0 Å². The molecule has 0 saturated carbocycles. The SMILES string of the molecule is CCC(NC(=O)C1CCN(c2cccc3c2C(=O)N(Cc2nonc2C)C3=O)CC1)c1cccs1. The van der Waals surface area contributed by atoms with Crippen molar-refractivity contribution < 1.29 is 19.0 Å². The molecule has 5 rings (SSSR count).